The van der Waals surface area contributed by atoms with Crippen LogP contribution in [0, 0.1) is 5.92 Å². The summed E-state index contributed by atoms with van der Waals surface area (Å²) < 4.78 is 10.3. The average Bonchev–Trinajstić information content (AvgIpc) is 2.90. The minimum atomic E-state index is -0.577. The Hall–Kier alpha value is -3.72. The van der Waals surface area contributed by atoms with Crippen LogP contribution in [0.3, 0.4) is 0 Å². The Morgan fingerprint density at radius 2 is 1.55 bits per heavy atom. The highest BCUT2D eigenvalue weighted by Crippen LogP contribution is 2.20. The molecule has 2 rings (SSSR count). The number of hydrogen-bond donors (Lipinski definition) is 3. The number of ketones is 1. The van der Waals surface area contributed by atoms with Gasteiger partial charge in [-0.05, 0) is 63.3 Å². The van der Waals surface area contributed by atoms with E-state index in [0.717, 1.165) is 11.1 Å². The SMILES string of the molecule is CC(=O)OCc1ccc(NC(=O)[C@H](CCCCNC(=O)OC(C)(C)C)CC(=O)[C@H](Cc2ccccc2)NC(C)C)cc1. The smallest absolute Gasteiger partial charge is 0.407 e. The zero-order valence-electron chi connectivity index (χ0n) is 25.8. The highest BCUT2D eigenvalue weighted by molar-refractivity contribution is 5.96. The predicted molar refractivity (Wildman–Crippen MR) is 164 cm³/mol. The zero-order chi connectivity index (χ0) is 31.1. The van der Waals surface area contributed by atoms with E-state index in [9.17, 15) is 19.2 Å². The molecule has 0 saturated carbocycles. The largest absolute Gasteiger partial charge is 0.461 e. The molecule has 0 aromatic heterocycles. The van der Waals surface area contributed by atoms with E-state index in [-0.39, 0.29) is 36.7 Å². The molecule has 2 aromatic rings. The molecule has 0 aliphatic carbocycles. The third-order valence-electron chi connectivity index (χ3n) is 6.34. The first-order valence-corrected chi connectivity index (χ1v) is 14.6. The summed E-state index contributed by atoms with van der Waals surface area (Å²) in [7, 11) is 0. The molecule has 9 nitrogen and oxygen atoms in total. The van der Waals surface area contributed by atoms with E-state index in [2.05, 4.69) is 16.0 Å². The first-order valence-electron chi connectivity index (χ1n) is 14.6. The fourth-order valence-electron chi connectivity index (χ4n) is 4.36. The number of rotatable bonds is 16. The van der Waals surface area contributed by atoms with Gasteiger partial charge in [0.2, 0.25) is 5.91 Å². The normalized spacial score (nSPS) is 12.7. The van der Waals surface area contributed by atoms with E-state index in [1.54, 1.807) is 45.0 Å². The maximum Gasteiger partial charge on any atom is 0.407 e. The third kappa shape index (κ3) is 14.3. The maximum atomic E-state index is 13.6. The van der Waals surface area contributed by atoms with Gasteiger partial charge in [0.1, 0.15) is 12.2 Å². The van der Waals surface area contributed by atoms with Crippen LogP contribution in [0.2, 0.25) is 0 Å². The van der Waals surface area contributed by atoms with Crippen molar-refractivity contribution < 1.29 is 28.7 Å². The van der Waals surface area contributed by atoms with E-state index in [1.165, 1.54) is 6.92 Å². The molecule has 3 N–H and O–H groups in total. The summed E-state index contributed by atoms with van der Waals surface area (Å²) in [5.74, 6) is -1.17. The summed E-state index contributed by atoms with van der Waals surface area (Å²) in [4.78, 5) is 50.0. The molecule has 2 amide bonds. The monoisotopic (exact) mass is 581 g/mol. The fraction of sp³-hybridized carbons (Fsp3) is 0.515. The lowest BCUT2D eigenvalue weighted by Crippen LogP contribution is -2.43. The first kappa shape index (κ1) is 34.5. The number of esters is 1. The van der Waals surface area contributed by atoms with Crippen molar-refractivity contribution in [1.82, 2.24) is 10.6 Å². The second-order valence-corrected chi connectivity index (χ2v) is 11.8. The molecule has 230 valence electrons. The number of hydrogen-bond acceptors (Lipinski definition) is 7. The van der Waals surface area contributed by atoms with Gasteiger partial charge in [0, 0.05) is 37.5 Å². The van der Waals surface area contributed by atoms with E-state index in [1.807, 2.05) is 44.2 Å². The van der Waals surface area contributed by atoms with Gasteiger partial charge in [-0.25, -0.2) is 4.79 Å². The average molecular weight is 582 g/mol. The molecule has 0 radical (unpaired) electrons. The Morgan fingerprint density at radius 3 is 2.14 bits per heavy atom. The molecular weight excluding hydrogens is 534 g/mol. The van der Waals surface area contributed by atoms with Crippen LogP contribution in [-0.4, -0.2) is 48.0 Å². The molecule has 0 aliphatic heterocycles. The lowest BCUT2D eigenvalue weighted by Gasteiger charge is -2.23. The number of ether oxygens (including phenoxy) is 2. The summed E-state index contributed by atoms with van der Waals surface area (Å²) in [6.45, 7) is 11.3. The van der Waals surface area contributed by atoms with Crippen LogP contribution in [0.1, 0.15) is 78.4 Å². The Balaban J connectivity index is 2.08. The third-order valence-corrected chi connectivity index (χ3v) is 6.34. The number of carbonyl (C=O) groups is 4. The second-order valence-electron chi connectivity index (χ2n) is 11.8. The van der Waals surface area contributed by atoms with Gasteiger partial charge < -0.3 is 25.4 Å². The quantitative estimate of drug-likeness (QED) is 0.175. The summed E-state index contributed by atoms with van der Waals surface area (Å²) in [5, 5.41) is 9.06. The van der Waals surface area contributed by atoms with Crippen LogP contribution in [0.25, 0.3) is 0 Å². The zero-order valence-corrected chi connectivity index (χ0v) is 25.8. The number of carbonyl (C=O) groups excluding carboxylic acids is 4. The summed E-state index contributed by atoms with van der Waals surface area (Å²) in [5.41, 5.74) is 1.87. The van der Waals surface area contributed by atoms with Crippen LogP contribution in [0.5, 0.6) is 0 Å². The molecule has 2 atom stereocenters. The molecule has 0 aliphatic rings. The van der Waals surface area contributed by atoms with Gasteiger partial charge in [-0.15, -0.1) is 0 Å². The van der Waals surface area contributed by atoms with Crippen molar-refractivity contribution in [3.05, 3.63) is 65.7 Å². The van der Waals surface area contributed by atoms with Gasteiger partial charge in [0.15, 0.2) is 5.78 Å². The van der Waals surface area contributed by atoms with Crippen molar-refractivity contribution in [2.75, 3.05) is 11.9 Å². The Labute approximate surface area is 250 Å². The summed E-state index contributed by atoms with van der Waals surface area (Å²) >= 11 is 0. The molecule has 0 unspecified atom stereocenters. The molecule has 42 heavy (non-hydrogen) atoms. The van der Waals surface area contributed by atoms with Gasteiger partial charge in [-0.3, -0.25) is 14.4 Å². The van der Waals surface area contributed by atoms with Crippen molar-refractivity contribution in [2.24, 2.45) is 5.92 Å². The van der Waals surface area contributed by atoms with Crippen LogP contribution in [-0.2, 0) is 36.9 Å². The number of Topliss-reactive ketones (excluding diaryl/α,β-unsaturated/α-hetero) is 1. The van der Waals surface area contributed by atoms with E-state index < -0.39 is 23.7 Å². The maximum absolute atomic E-state index is 13.6. The molecule has 9 heteroatoms. The van der Waals surface area contributed by atoms with Crippen LogP contribution < -0.4 is 16.0 Å². The topological polar surface area (TPSA) is 123 Å². The molecule has 0 saturated heterocycles. The Bertz CT molecular complexity index is 1140. The van der Waals surface area contributed by atoms with Gasteiger partial charge in [-0.1, -0.05) is 62.7 Å². The number of benzene rings is 2. The molecule has 0 heterocycles. The number of nitrogens with one attached hydrogen (secondary N) is 3. The van der Waals surface area contributed by atoms with Gasteiger partial charge in [0.25, 0.3) is 0 Å². The molecule has 2 aromatic carbocycles. The number of amides is 2. The van der Waals surface area contributed by atoms with Crippen molar-refractivity contribution in [3.63, 3.8) is 0 Å². The van der Waals surface area contributed by atoms with Gasteiger partial charge in [-0.2, -0.15) is 0 Å². The van der Waals surface area contributed by atoms with E-state index in [0.29, 0.717) is 37.9 Å². The number of anilines is 1. The number of alkyl carbamates (subject to hydrolysis) is 1. The Kier molecular flexibility index (Phi) is 14.2. The summed E-state index contributed by atoms with van der Waals surface area (Å²) in [6, 6.07) is 16.6. The van der Waals surface area contributed by atoms with Gasteiger partial charge >= 0.3 is 12.1 Å². The van der Waals surface area contributed by atoms with E-state index >= 15 is 0 Å². The first-order chi connectivity index (χ1) is 19.8. The van der Waals surface area contributed by atoms with Crippen molar-refractivity contribution in [2.45, 2.75) is 97.9 Å². The molecular formula is C33H47N3O6. The number of unbranched alkanes of at least 4 members (excludes halogenated alkanes) is 1. The second kappa shape index (κ2) is 17.3. The minimum absolute atomic E-state index is 0.0173. The molecule has 0 fully saturated rings. The van der Waals surface area contributed by atoms with E-state index in [4.69, 9.17) is 9.47 Å². The highest BCUT2D eigenvalue weighted by atomic mass is 16.6. The predicted octanol–water partition coefficient (Wildman–Crippen LogP) is 5.57. The highest BCUT2D eigenvalue weighted by Gasteiger charge is 2.27. The van der Waals surface area contributed by atoms with Crippen LogP contribution in [0.4, 0.5) is 10.5 Å². The van der Waals surface area contributed by atoms with Crippen LogP contribution in [0.15, 0.2) is 54.6 Å². The fourth-order valence-corrected chi connectivity index (χ4v) is 4.36. The molecule has 0 spiro atoms. The van der Waals surface area contributed by atoms with Crippen molar-refractivity contribution in [3.8, 4) is 0 Å². The lowest BCUT2D eigenvalue weighted by molar-refractivity contribution is -0.142. The lowest BCUT2D eigenvalue weighted by atomic mass is 9.90. The van der Waals surface area contributed by atoms with Crippen molar-refractivity contribution >= 4 is 29.4 Å². The van der Waals surface area contributed by atoms with Crippen molar-refractivity contribution in [1.29, 1.82) is 0 Å². The standard InChI is InChI=1S/C33H47N3O6/c1-23(2)35-29(20-25-12-8-7-9-13-25)30(38)21-27(14-10-11-19-34-32(40)42-33(4,5)6)31(39)36-28-17-15-26(16-18-28)22-41-24(3)37/h7-9,12-13,15-18,23,27,29,35H,10-11,14,19-22H2,1-6H3,(H,34,40)(H,36,39)/t27-,29+/m1/s1. The van der Waals surface area contributed by atoms with Gasteiger partial charge in [0.05, 0.1) is 6.04 Å². The minimum Gasteiger partial charge on any atom is -0.461 e. The summed E-state index contributed by atoms with van der Waals surface area (Å²) in [6.07, 6.45) is 1.91. The molecule has 0 bridgehead atoms. The van der Waals surface area contributed by atoms with Crippen LogP contribution >= 0.6 is 0 Å². The Morgan fingerprint density at radius 1 is 0.881 bits per heavy atom.